The van der Waals surface area contributed by atoms with Crippen LogP contribution in [-0.4, -0.2) is 15.0 Å². The van der Waals surface area contributed by atoms with Crippen LogP contribution in [-0.2, 0) is 10.0 Å². The number of ether oxygens (including phenoxy) is 1. The molecular weight excluding hydrogens is 368 g/mol. The second kappa shape index (κ2) is 6.40. The van der Waals surface area contributed by atoms with E-state index in [1.54, 1.807) is 12.1 Å². The van der Waals surface area contributed by atoms with Gasteiger partial charge in [-0.2, -0.15) is 8.78 Å². The number of hydrogen-bond donors (Lipinski definition) is 1. The molecule has 0 aromatic heterocycles. The van der Waals surface area contributed by atoms with E-state index in [0.717, 1.165) is 4.47 Å². The third kappa shape index (κ3) is 4.15. The molecule has 0 unspecified atom stereocenters. The molecule has 0 aliphatic rings. The number of sulfonamides is 1. The van der Waals surface area contributed by atoms with Crippen LogP contribution in [0.2, 0.25) is 0 Å². The second-order valence-corrected chi connectivity index (χ2v) is 6.53. The van der Waals surface area contributed by atoms with Crippen molar-refractivity contribution in [1.29, 1.82) is 0 Å². The van der Waals surface area contributed by atoms with E-state index in [1.807, 2.05) is 0 Å². The van der Waals surface area contributed by atoms with Crippen LogP contribution in [0.5, 0.6) is 5.75 Å². The van der Waals surface area contributed by atoms with Crippen molar-refractivity contribution in [2.45, 2.75) is 11.5 Å². The van der Waals surface area contributed by atoms with Crippen LogP contribution in [0.4, 0.5) is 14.5 Å². The third-order valence-corrected chi connectivity index (χ3v) is 4.38. The highest BCUT2D eigenvalue weighted by Crippen LogP contribution is 2.28. The zero-order chi connectivity index (χ0) is 15.5. The lowest BCUT2D eigenvalue weighted by atomic mass is 10.3. The predicted molar refractivity (Wildman–Crippen MR) is 78.0 cm³/mol. The predicted octanol–water partition coefficient (Wildman–Crippen LogP) is 3.85. The Bertz CT molecular complexity index is 720. The van der Waals surface area contributed by atoms with Gasteiger partial charge in [-0.15, -0.1) is 0 Å². The van der Waals surface area contributed by atoms with Crippen molar-refractivity contribution in [1.82, 2.24) is 0 Å². The van der Waals surface area contributed by atoms with E-state index in [4.69, 9.17) is 0 Å². The van der Waals surface area contributed by atoms with Gasteiger partial charge in [0, 0.05) is 4.47 Å². The molecule has 0 saturated heterocycles. The molecule has 0 saturated carbocycles. The van der Waals surface area contributed by atoms with Crippen molar-refractivity contribution in [3.05, 3.63) is 53.0 Å². The summed E-state index contributed by atoms with van der Waals surface area (Å²) in [5.74, 6) is -0.242. The molecule has 0 bridgehead atoms. The Hall–Kier alpha value is -1.67. The van der Waals surface area contributed by atoms with E-state index >= 15 is 0 Å². The monoisotopic (exact) mass is 377 g/mol. The average Bonchev–Trinajstić information content (AvgIpc) is 2.40. The molecule has 0 spiro atoms. The van der Waals surface area contributed by atoms with Crippen molar-refractivity contribution in [3.63, 3.8) is 0 Å². The van der Waals surface area contributed by atoms with Crippen molar-refractivity contribution < 1.29 is 21.9 Å². The summed E-state index contributed by atoms with van der Waals surface area (Å²) in [4.78, 5) is 0.0116. The minimum absolute atomic E-state index is 0.0116. The van der Waals surface area contributed by atoms with E-state index in [1.165, 1.54) is 36.4 Å². The first-order valence-corrected chi connectivity index (χ1v) is 7.98. The summed E-state index contributed by atoms with van der Waals surface area (Å²) >= 11 is 3.20. The minimum atomic E-state index is -3.88. The smallest absolute Gasteiger partial charge is 0.387 e. The van der Waals surface area contributed by atoms with Crippen LogP contribution in [0, 0.1) is 0 Å². The van der Waals surface area contributed by atoms with Gasteiger partial charge in [-0.1, -0.05) is 28.1 Å². The summed E-state index contributed by atoms with van der Waals surface area (Å²) in [6, 6.07) is 11.5. The lowest BCUT2D eigenvalue weighted by Crippen LogP contribution is -2.14. The van der Waals surface area contributed by atoms with Gasteiger partial charge in [0.05, 0.1) is 10.6 Å². The summed E-state index contributed by atoms with van der Waals surface area (Å²) < 4.78 is 56.2. The van der Waals surface area contributed by atoms with Crippen LogP contribution >= 0.6 is 15.9 Å². The van der Waals surface area contributed by atoms with Crippen molar-refractivity contribution in [3.8, 4) is 5.75 Å². The molecule has 4 nitrogen and oxygen atoms in total. The molecule has 0 atom stereocenters. The van der Waals surface area contributed by atoms with E-state index in [0.29, 0.717) is 0 Å². The van der Waals surface area contributed by atoms with Gasteiger partial charge in [-0.25, -0.2) is 8.42 Å². The SMILES string of the molecule is O=S(=O)(Nc1ccccc1OC(F)F)c1ccc(Br)cc1. The second-order valence-electron chi connectivity index (χ2n) is 3.93. The third-order valence-electron chi connectivity index (χ3n) is 2.47. The van der Waals surface area contributed by atoms with Crippen LogP contribution in [0.25, 0.3) is 0 Å². The summed E-state index contributed by atoms with van der Waals surface area (Å²) in [6.07, 6.45) is 0. The summed E-state index contributed by atoms with van der Waals surface area (Å²) in [7, 11) is -3.88. The van der Waals surface area contributed by atoms with Crippen molar-refractivity contribution in [2.75, 3.05) is 4.72 Å². The molecule has 112 valence electrons. The lowest BCUT2D eigenvalue weighted by Gasteiger charge is -2.13. The van der Waals surface area contributed by atoms with E-state index in [9.17, 15) is 17.2 Å². The topological polar surface area (TPSA) is 55.4 Å². The Morgan fingerprint density at radius 2 is 1.67 bits per heavy atom. The van der Waals surface area contributed by atoms with E-state index in [2.05, 4.69) is 25.4 Å². The Morgan fingerprint density at radius 3 is 2.29 bits per heavy atom. The zero-order valence-corrected chi connectivity index (χ0v) is 12.9. The molecule has 2 aromatic carbocycles. The van der Waals surface area contributed by atoms with Crippen molar-refractivity contribution in [2.24, 2.45) is 0 Å². The minimum Gasteiger partial charge on any atom is -0.433 e. The van der Waals surface area contributed by atoms with Crippen LogP contribution in [0.15, 0.2) is 57.9 Å². The van der Waals surface area contributed by atoms with Gasteiger partial charge >= 0.3 is 6.61 Å². The molecular formula is C13H10BrF2NO3S. The Morgan fingerprint density at radius 1 is 1.05 bits per heavy atom. The maximum atomic E-state index is 12.3. The summed E-state index contributed by atoms with van der Waals surface area (Å²) in [5, 5.41) is 0. The largest absolute Gasteiger partial charge is 0.433 e. The maximum absolute atomic E-state index is 12.3. The zero-order valence-electron chi connectivity index (χ0n) is 10.5. The molecule has 0 radical (unpaired) electrons. The molecule has 0 aliphatic carbocycles. The first-order valence-electron chi connectivity index (χ1n) is 5.71. The highest BCUT2D eigenvalue weighted by atomic mass is 79.9. The highest BCUT2D eigenvalue weighted by molar-refractivity contribution is 9.10. The van der Waals surface area contributed by atoms with Gasteiger partial charge < -0.3 is 4.74 Å². The fourth-order valence-electron chi connectivity index (χ4n) is 1.57. The molecule has 0 amide bonds. The summed E-state index contributed by atoms with van der Waals surface area (Å²) in [6.45, 7) is -3.04. The molecule has 21 heavy (non-hydrogen) atoms. The fourth-order valence-corrected chi connectivity index (χ4v) is 2.90. The Balaban J connectivity index is 2.30. The Labute approximate surface area is 128 Å². The molecule has 0 aliphatic heterocycles. The van der Waals surface area contributed by atoms with Crippen molar-refractivity contribution >= 4 is 31.6 Å². The number of hydrogen-bond acceptors (Lipinski definition) is 3. The fraction of sp³-hybridized carbons (Fsp3) is 0.0769. The maximum Gasteiger partial charge on any atom is 0.387 e. The Kier molecular flexibility index (Phi) is 4.79. The van der Waals surface area contributed by atoms with Gasteiger partial charge in [0.15, 0.2) is 0 Å². The number of anilines is 1. The van der Waals surface area contributed by atoms with Gasteiger partial charge in [-0.3, -0.25) is 4.72 Å². The first-order chi connectivity index (χ1) is 9.88. The number of benzene rings is 2. The van der Waals surface area contributed by atoms with Crippen LogP contribution < -0.4 is 9.46 Å². The number of alkyl halides is 2. The summed E-state index contributed by atoms with van der Waals surface area (Å²) in [5.41, 5.74) is -0.0549. The van der Waals surface area contributed by atoms with Crippen LogP contribution in [0.3, 0.4) is 0 Å². The van der Waals surface area contributed by atoms with Gasteiger partial charge in [0.2, 0.25) is 0 Å². The number of nitrogens with one attached hydrogen (secondary N) is 1. The van der Waals surface area contributed by atoms with E-state index in [-0.39, 0.29) is 16.3 Å². The number of rotatable bonds is 5. The molecule has 2 rings (SSSR count). The molecule has 0 fully saturated rings. The number of para-hydroxylation sites is 2. The normalized spacial score (nSPS) is 11.4. The van der Waals surface area contributed by atoms with E-state index < -0.39 is 16.6 Å². The molecule has 8 heteroatoms. The molecule has 1 N–H and O–H groups in total. The lowest BCUT2D eigenvalue weighted by molar-refractivity contribution is -0.0493. The highest BCUT2D eigenvalue weighted by Gasteiger charge is 2.17. The quantitative estimate of drug-likeness (QED) is 0.860. The van der Waals surface area contributed by atoms with Crippen LogP contribution in [0.1, 0.15) is 0 Å². The van der Waals surface area contributed by atoms with Gasteiger partial charge in [0.1, 0.15) is 5.75 Å². The first kappa shape index (κ1) is 15.7. The number of halogens is 3. The standard InChI is InChI=1S/C13H10BrF2NO3S/c14-9-5-7-10(8-6-9)21(18,19)17-11-3-1-2-4-12(11)20-13(15)16/h1-8,13,17H. The van der Waals surface area contributed by atoms with Gasteiger partial charge in [-0.05, 0) is 36.4 Å². The molecule has 2 aromatic rings. The average molecular weight is 378 g/mol. The van der Waals surface area contributed by atoms with Gasteiger partial charge in [0.25, 0.3) is 10.0 Å². The molecule has 0 heterocycles.